The molecule has 3 heteroatoms. The Kier molecular flexibility index (Phi) is 6.98. The van der Waals surface area contributed by atoms with Gasteiger partial charge in [-0.15, -0.1) is 0 Å². The summed E-state index contributed by atoms with van der Waals surface area (Å²) in [5.41, 5.74) is 2.28. The zero-order valence-corrected chi connectivity index (χ0v) is 16.0. The standard InChI is InChI=1S/C23H24N2S/c1-2-3-4-5-12-17-22-19-25(18-20-13-8-6-9-14-20)23(26-22)24-21-15-10-7-11-16-21/h6-11,13-17H,2-4,18-19H2,1H3. The van der Waals surface area contributed by atoms with Gasteiger partial charge in [0.2, 0.25) is 0 Å². The number of amidine groups is 1. The van der Waals surface area contributed by atoms with Gasteiger partial charge in [0.1, 0.15) is 0 Å². The Balaban J connectivity index is 1.77. The van der Waals surface area contributed by atoms with Crippen molar-refractivity contribution in [3.63, 3.8) is 0 Å². The molecule has 0 N–H and O–H groups in total. The van der Waals surface area contributed by atoms with Crippen LogP contribution in [0.1, 0.15) is 31.7 Å². The van der Waals surface area contributed by atoms with Gasteiger partial charge in [0.05, 0.1) is 12.2 Å². The monoisotopic (exact) mass is 360 g/mol. The topological polar surface area (TPSA) is 15.6 Å². The third-order valence-corrected chi connectivity index (χ3v) is 5.07. The van der Waals surface area contributed by atoms with E-state index in [4.69, 9.17) is 4.99 Å². The second-order valence-electron chi connectivity index (χ2n) is 6.21. The van der Waals surface area contributed by atoms with E-state index >= 15 is 0 Å². The van der Waals surface area contributed by atoms with Crippen molar-refractivity contribution in [1.29, 1.82) is 0 Å². The van der Waals surface area contributed by atoms with Gasteiger partial charge in [-0.1, -0.05) is 85.5 Å². The molecule has 0 bridgehead atoms. The molecule has 1 aliphatic rings. The van der Waals surface area contributed by atoms with Crippen molar-refractivity contribution in [3.8, 4) is 11.8 Å². The van der Waals surface area contributed by atoms with Gasteiger partial charge in [0.15, 0.2) is 5.17 Å². The molecule has 0 amide bonds. The summed E-state index contributed by atoms with van der Waals surface area (Å²) in [5, 5.41) is 1.04. The van der Waals surface area contributed by atoms with Crippen LogP contribution in [0.5, 0.6) is 0 Å². The van der Waals surface area contributed by atoms with Crippen LogP contribution in [0.3, 0.4) is 0 Å². The van der Waals surface area contributed by atoms with Crippen molar-refractivity contribution in [2.75, 3.05) is 6.54 Å². The zero-order valence-electron chi connectivity index (χ0n) is 15.2. The van der Waals surface area contributed by atoms with Crippen LogP contribution in [0.15, 0.2) is 76.6 Å². The van der Waals surface area contributed by atoms with Gasteiger partial charge >= 0.3 is 0 Å². The second kappa shape index (κ2) is 9.89. The Morgan fingerprint density at radius 2 is 1.81 bits per heavy atom. The molecule has 0 unspecified atom stereocenters. The number of benzene rings is 2. The lowest BCUT2D eigenvalue weighted by molar-refractivity contribution is 0.470. The van der Waals surface area contributed by atoms with Crippen LogP contribution in [0, 0.1) is 11.8 Å². The van der Waals surface area contributed by atoms with Gasteiger partial charge in [0, 0.05) is 17.9 Å². The van der Waals surface area contributed by atoms with E-state index in [1.807, 2.05) is 30.3 Å². The summed E-state index contributed by atoms with van der Waals surface area (Å²) in [6.45, 7) is 3.93. The number of rotatable bonds is 5. The van der Waals surface area contributed by atoms with E-state index in [2.05, 4.69) is 60.1 Å². The predicted molar refractivity (Wildman–Crippen MR) is 113 cm³/mol. The SMILES string of the molecule is CCCCC#CC=C1CN(Cc2ccccc2)C(=Nc2ccccc2)S1. The lowest BCUT2D eigenvalue weighted by Crippen LogP contribution is -2.23. The van der Waals surface area contributed by atoms with Crippen molar-refractivity contribution in [2.45, 2.75) is 32.7 Å². The number of thioether (sulfide) groups is 1. The molecule has 3 rings (SSSR count). The predicted octanol–water partition coefficient (Wildman–Crippen LogP) is 6.00. The van der Waals surface area contributed by atoms with E-state index in [0.717, 1.165) is 30.4 Å². The Hall–Kier alpha value is -2.44. The smallest absolute Gasteiger partial charge is 0.169 e. The number of hydrogen-bond acceptors (Lipinski definition) is 2. The minimum atomic E-state index is 0.861. The Morgan fingerprint density at radius 1 is 1.08 bits per heavy atom. The molecule has 0 radical (unpaired) electrons. The molecule has 0 aliphatic carbocycles. The first-order valence-electron chi connectivity index (χ1n) is 9.13. The molecule has 0 spiro atoms. The number of unbranched alkanes of at least 4 members (excludes halogenated alkanes) is 2. The lowest BCUT2D eigenvalue weighted by atomic mass is 10.2. The molecule has 0 aromatic heterocycles. The molecule has 1 aliphatic heterocycles. The number of aliphatic imine (C=N–C) groups is 1. The zero-order chi connectivity index (χ0) is 18.0. The number of allylic oxidation sites excluding steroid dienone is 1. The third-order valence-electron chi connectivity index (χ3n) is 4.03. The summed E-state index contributed by atoms with van der Waals surface area (Å²) in [6.07, 6.45) is 5.40. The summed E-state index contributed by atoms with van der Waals surface area (Å²) in [5.74, 6) is 6.46. The third kappa shape index (κ3) is 5.54. The number of para-hydroxylation sites is 1. The first-order chi connectivity index (χ1) is 12.8. The van der Waals surface area contributed by atoms with Crippen LogP contribution in [-0.4, -0.2) is 16.6 Å². The molecular formula is C23H24N2S. The van der Waals surface area contributed by atoms with Crippen LogP contribution >= 0.6 is 11.8 Å². The minimum absolute atomic E-state index is 0.861. The molecule has 2 aromatic rings. The molecule has 2 aromatic carbocycles. The first kappa shape index (κ1) is 18.4. The van der Waals surface area contributed by atoms with Crippen LogP contribution in [0.4, 0.5) is 5.69 Å². The van der Waals surface area contributed by atoms with Gasteiger partial charge in [0.25, 0.3) is 0 Å². The molecule has 132 valence electrons. The van der Waals surface area contributed by atoms with Gasteiger partial charge < -0.3 is 4.90 Å². The van der Waals surface area contributed by atoms with Gasteiger partial charge in [-0.25, -0.2) is 4.99 Å². The van der Waals surface area contributed by atoms with Gasteiger partial charge in [-0.3, -0.25) is 0 Å². The van der Waals surface area contributed by atoms with Crippen LogP contribution in [0.25, 0.3) is 0 Å². The summed E-state index contributed by atoms with van der Waals surface area (Å²) in [7, 11) is 0. The quantitative estimate of drug-likeness (QED) is 0.480. The van der Waals surface area contributed by atoms with Gasteiger partial charge in [-0.2, -0.15) is 0 Å². The van der Waals surface area contributed by atoms with E-state index in [1.54, 1.807) is 11.8 Å². The lowest BCUT2D eigenvalue weighted by Gasteiger charge is -2.17. The molecule has 26 heavy (non-hydrogen) atoms. The van der Waals surface area contributed by atoms with E-state index in [0.29, 0.717) is 0 Å². The molecular weight excluding hydrogens is 336 g/mol. The van der Waals surface area contributed by atoms with Gasteiger partial charge in [-0.05, 0) is 30.2 Å². The van der Waals surface area contributed by atoms with Crippen LogP contribution in [0.2, 0.25) is 0 Å². The molecule has 1 heterocycles. The Labute approximate surface area is 161 Å². The fourth-order valence-corrected chi connectivity index (χ4v) is 3.63. The average Bonchev–Trinajstić information content (AvgIpc) is 3.04. The van der Waals surface area contributed by atoms with Crippen molar-refractivity contribution in [1.82, 2.24) is 4.90 Å². The van der Waals surface area contributed by atoms with Crippen molar-refractivity contribution >= 4 is 22.6 Å². The number of hydrogen-bond donors (Lipinski definition) is 0. The highest BCUT2D eigenvalue weighted by Crippen LogP contribution is 2.32. The summed E-state index contributed by atoms with van der Waals surface area (Å²) in [4.78, 5) is 8.45. The van der Waals surface area contributed by atoms with Crippen LogP contribution < -0.4 is 0 Å². The molecule has 1 fully saturated rings. The maximum atomic E-state index is 4.86. The van der Waals surface area contributed by atoms with E-state index in [9.17, 15) is 0 Å². The van der Waals surface area contributed by atoms with E-state index in [-0.39, 0.29) is 0 Å². The molecule has 2 nitrogen and oxygen atoms in total. The second-order valence-corrected chi connectivity index (χ2v) is 7.30. The first-order valence-corrected chi connectivity index (χ1v) is 9.94. The fourth-order valence-electron chi connectivity index (χ4n) is 2.65. The van der Waals surface area contributed by atoms with E-state index < -0.39 is 0 Å². The summed E-state index contributed by atoms with van der Waals surface area (Å²) in [6, 6.07) is 20.7. The minimum Gasteiger partial charge on any atom is -0.342 e. The average molecular weight is 361 g/mol. The number of nitrogens with zero attached hydrogens (tertiary/aromatic N) is 2. The van der Waals surface area contributed by atoms with Crippen molar-refractivity contribution in [2.24, 2.45) is 4.99 Å². The maximum Gasteiger partial charge on any atom is 0.169 e. The Bertz CT molecular complexity index is 814. The van der Waals surface area contributed by atoms with Crippen molar-refractivity contribution in [3.05, 3.63) is 77.2 Å². The summed E-state index contributed by atoms with van der Waals surface area (Å²) >= 11 is 1.73. The molecule has 1 saturated heterocycles. The summed E-state index contributed by atoms with van der Waals surface area (Å²) < 4.78 is 0. The molecule has 0 atom stereocenters. The van der Waals surface area contributed by atoms with Crippen LogP contribution in [-0.2, 0) is 6.54 Å². The molecule has 0 saturated carbocycles. The highest BCUT2D eigenvalue weighted by atomic mass is 32.2. The Morgan fingerprint density at radius 3 is 2.54 bits per heavy atom. The fraction of sp³-hybridized carbons (Fsp3) is 0.261. The maximum absolute atomic E-state index is 4.86. The normalized spacial score (nSPS) is 16.7. The van der Waals surface area contributed by atoms with Crippen molar-refractivity contribution < 1.29 is 0 Å². The van der Waals surface area contributed by atoms with E-state index in [1.165, 1.54) is 23.3 Å². The highest BCUT2D eigenvalue weighted by molar-refractivity contribution is 8.17. The largest absolute Gasteiger partial charge is 0.342 e. The highest BCUT2D eigenvalue weighted by Gasteiger charge is 2.24.